The summed E-state index contributed by atoms with van der Waals surface area (Å²) in [6, 6.07) is 1.72. The van der Waals surface area contributed by atoms with Crippen LogP contribution >= 0.6 is 0 Å². The van der Waals surface area contributed by atoms with Gasteiger partial charge in [0.2, 0.25) is 17.6 Å². The minimum atomic E-state index is -1.24. The fourth-order valence-electron chi connectivity index (χ4n) is 7.46. The number of carbonyl (C=O) groups excluding carboxylic acids is 5. The fraction of sp³-hybridized carbons (Fsp3) is 0.567. The summed E-state index contributed by atoms with van der Waals surface area (Å²) < 4.78 is 2.71. The van der Waals surface area contributed by atoms with Crippen LogP contribution in [-0.4, -0.2) is 61.7 Å². The zero-order valence-electron chi connectivity index (χ0n) is 24.6. The Hall–Kier alpha value is -4.29. The Morgan fingerprint density at radius 2 is 1.74 bits per heavy atom. The summed E-state index contributed by atoms with van der Waals surface area (Å²) in [5.74, 6) is -1.12. The average molecular weight is 594 g/mol. The van der Waals surface area contributed by atoms with Gasteiger partial charge in [-0.1, -0.05) is 0 Å². The van der Waals surface area contributed by atoms with Crippen LogP contribution in [0.25, 0.3) is 0 Å². The normalized spacial score (nSPS) is 24.2. The van der Waals surface area contributed by atoms with E-state index in [9.17, 15) is 28.8 Å². The van der Waals surface area contributed by atoms with E-state index in [1.165, 1.54) is 53.2 Å². The van der Waals surface area contributed by atoms with E-state index in [1.54, 1.807) is 20.0 Å². The number of ketones is 1. The maximum Gasteiger partial charge on any atom is 0.287 e. The molecule has 4 aliphatic carbocycles. The van der Waals surface area contributed by atoms with Gasteiger partial charge in [-0.3, -0.25) is 28.8 Å². The van der Waals surface area contributed by atoms with Gasteiger partial charge in [0.15, 0.2) is 0 Å². The van der Waals surface area contributed by atoms with E-state index in [2.05, 4.69) is 26.3 Å². The summed E-state index contributed by atoms with van der Waals surface area (Å²) in [5, 5.41) is 10.8. The van der Waals surface area contributed by atoms with E-state index in [-0.39, 0.29) is 48.8 Å². The van der Waals surface area contributed by atoms with Crippen molar-refractivity contribution in [3.05, 3.63) is 46.9 Å². The Morgan fingerprint density at radius 3 is 2.35 bits per heavy atom. The molecule has 4 N–H and O–H groups in total. The third-order valence-electron chi connectivity index (χ3n) is 8.96. The molecule has 0 unspecified atom stereocenters. The second kappa shape index (κ2) is 12.5. The molecule has 13 nitrogen and oxygen atoms in total. The van der Waals surface area contributed by atoms with Crippen LogP contribution in [0, 0.1) is 17.8 Å². The van der Waals surface area contributed by atoms with Gasteiger partial charge in [0.05, 0.1) is 12.5 Å². The predicted octanol–water partition coefficient (Wildman–Crippen LogP) is 0.889. The molecule has 0 saturated heterocycles. The minimum absolute atomic E-state index is 0.0788. The van der Waals surface area contributed by atoms with E-state index in [4.69, 9.17) is 0 Å². The first kappa shape index (κ1) is 30.2. The Kier molecular flexibility index (Phi) is 8.79. The number of hydrogen-bond donors (Lipinski definition) is 4. The molecule has 4 bridgehead atoms. The highest BCUT2D eigenvalue weighted by molar-refractivity contribution is 6.36. The Balaban J connectivity index is 1.26. The van der Waals surface area contributed by atoms with Crippen molar-refractivity contribution in [1.29, 1.82) is 0 Å². The van der Waals surface area contributed by atoms with Gasteiger partial charge in [0.1, 0.15) is 24.0 Å². The molecule has 1 atom stereocenters. The number of amides is 4. The summed E-state index contributed by atoms with van der Waals surface area (Å²) in [5.41, 5.74) is -0.664. The van der Waals surface area contributed by atoms with Crippen LogP contribution in [-0.2, 0) is 32.8 Å². The lowest BCUT2D eigenvalue weighted by Crippen LogP contribution is -2.60. The van der Waals surface area contributed by atoms with Gasteiger partial charge in [0.25, 0.3) is 17.4 Å². The molecule has 6 rings (SSSR count). The molecule has 0 aliphatic heterocycles. The van der Waals surface area contributed by atoms with Crippen molar-refractivity contribution in [2.75, 3.05) is 11.9 Å². The number of rotatable bonds is 12. The van der Waals surface area contributed by atoms with Crippen LogP contribution < -0.4 is 26.8 Å². The summed E-state index contributed by atoms with van der Waals surface area (Å²) in [7, 11) is 1.61. The first-order chi connectivity index (χ1) is 20.6. The predicted molar refractivity (Wildman–Crippen MR) is 156 cm³/mol. The topological polar surface area (TPSA) is 173 Å². The van der Waals surface area contributed by atoms with Crippen LogP contribution in [0.3, 0.4) is 0 Å². The lowest BCUT2D eigenvalue weighted by atomic mass is 9.53. The van der Waals surface area contributed by atoms with Crippen LogP contribution in [0.1, 0.15) is 68.8 Å². The number of nitrogens with zero attached hydrogens (tertiary/aromatic N) is 3. The third kappa shape index (κ3) is 6.86. The van der Waals surface area contributed by atoms with E-state index in [0.29, 0.717) is 17.8 Å². The zero-order chi connectivity index (χ0) is 30.7. The highest BCUT2D eigenvalue weighted by Crippen LogP contribution is 2.55. The number of imidazole rings is 1. The third-order valence-corrected chi connectivity index (χ3v) is 8.96. The number of hydrogen-bond acceptors (Lipinski definition) is 7. The lowest BCUT2D eigenvalue weighted by molar-refractivity contribution is -0.138. The molecule has 2 aromatic heterocycles. The van der Waals surface area contributed by atoms with Gasteiger partial charge in [-0.25, -0.2) is 4.98 Å². The van der Waals surface area contributed by atoms with Crippen molar-refractivity contribution in [3.8, 4) is 0 Å². The highest BCUT2D eigenvalue weighted by atomic mass is 16.2. The van der Waals surface area contributed by atoms with Crippen molar-refractivity contribution in [3.63, 3.8) is 0 Å². The van der Waals surface area contributed by atoms with E-state index in [1.807, 2.05) is 0 Å². The van der Waals surface area contributed by atoms with E-state index in [0.717, 1.165) is 19.3 Å². The van der Waals surface area contributed by atoms with Gasteiger partial charge < -0.3 is 30.4 Å². The Bertz CT molecular complexity index is 1440. The molecule has 2 aromatic rings. The zero-order valence-corrected chi connectivity index (χ0v) is 24.6. The number of likely N-dealkylation sites (N-methyl/N-ethyl adjacent to an activating group) is 1. The summed E-state index contributed by atoms with van der Waals surface area (Å²) in [6.07, 6.45) is 10.5. The number of aryl methyl sites for hydroxylation is 1. The molecule has 4 saturated carbocycles. The highest BCUT2D eigenvalue weighted by Gasteiger charge is 2.51. The van der Waals surface area contributed by atoms with E-state index >= 15 is 0 Å². The number of Topliss-reactive ketones (excluding diaryl/α,β-unsaturated/α-hetero) is 1. The fourth-order valence-corrected chi connectivity index (χ4v) is 7.46. The second-order valence-electron chi connectivity index (χ2n) is 12.3. The monoisotopic (exact) mass is 593 g/mol. The molecule has 0 spiro atoms. The number of aromatic nitrogens is 3. The van der Waals surface area contributed by atoms with Gasteiger partial charge in [-0.2, -0.15) is 0 Å². The van der Waals surface area contributed by atoms with Crippen LogP contribution in [0.5, 0.6) is 0 Å². The molecule has 4 amide bonds. The van der Waals surface area contributed by atoms with Crippen molar-refractivity contribution in [1.82, 2.24) is 30.1 Å². The average Bonchev–Trinajstić information content (AvgIpc) is 3.37. The maximum absolute atomic E-state index is 13.3. The quantitative estimate of drug-likeness (QED) is 0.265. The van der Waals surface area contributed by atoms with Gasteiger partial charge in [-0.05, 0) is 81.8 Å². The maximum atomic E-state index is 13.3. The van der Waals surface area contributed by atoms with Crippen molar-refractivity contribution >= 4 is 35.1 Å². The van der Waals surface area contributed by atoms with E-state index < -0.39 is 35.1 Å². The molecular formula is C30H39N7O6. The second-order valence-corrected chi connectivity index (χ2v) is 12.3. The van der Waals surface area contributed by atoms with Crippen molar-refractivity contribution in [2.24, 2.45) is 24.8 Å². The molecule has 13 heteroatoms. The number of carbonyl (C=O) groups is 5. The molecular weight excluding hydrogens is 554 g/mol. The molecule has 0 aromatic carbocycles. The van der Waals surface area contributed by atoms with Crippen LogP contribution in [0.4, 0.5) is 5.69 Å². The standard InChI is InChI=1S/C30H39N7O6/c1-3-32-28(42)24(38)7-6-21(33-27(41)23-15-31-17-36(23)2)26(40)34-22-5-4-8-37(29(22)43)16-25(39)35-30-12-18-9-19(13-30)11-20(10-18)14-30/h4-5,8,15,17-21H,3,6-7,9-14,16H2,1-2H3,(H,32,42)(H,33,41)(H,34,40)(H,35,39)/t18?,19?,20?,21-,30?/m0/s1. The molecule has 230 valence electrons. The SMILES string of the molecule is CCNC(=O)C(=O)CC[C@H](NC(=O)c1cncn1C)C(=O)Nc1cccn(CC(=O)NC23CC4CC(CC(C4)C2)C3)c1=O. The van der Waals surface area contributed by atoms with Crippen LogP contribution in [0.2, 0.25) is 0 Å². The summed E-state index contributed by atoms with van der Waals surface area (Å²) >= 11 is 0. The summed E-state index contributed by atoms with van der Waals surface area (Å²) in [6.45, 7) is 1.76. The molecule has 2 heterocycles. The first-order valence-electron chi connectivity index (χ1n) is 15.0. The molecule has 43 heavy (non-hydrogen) atoms. The number of pyridine rings is 1. The minimum Gasteiger partial charge on any atom is -0.350 e. The Morgan fingerprint density at radius 1 is 1.07 bits per heavy atom. The molecule has 4 fully saturated rings. The van der Waals surface area contributed by atoms with Gasteiger partial charge >= 0.3 is 0 Å². The molecule has 0 radical (unpaired) electrons. The van der Waals surface area contributed by atoms with Crippen molar-refractivity contribution < 1.29 is 24.0 Å². The van der Waals surface area contributed by atoms with Crippen LogP contribution in [0.15, 0.2) is 35.6 Å². The van der Waals surface area contributed by atoms with Crippen molar-refractivity contribution in [2.45, 2.75) is 76.4 Å². The summed E-state index contributed by atoms with van der Waals surface area (Å²) in [4.78, 5) is 80.6. The smallest absolute Gasteiger partial charge is 0.287 e. The number of nitrogens with one attached hydrogen (secondary N) is 4. The largest absolute Gasteiger partial charge is 0.350 e. The Labute approximate surface area is 249 Å². The van der Waals surface area contributed by atoms with Gasteiger partial charge in [0, 0.05) is 31.7 Å². The number of anilines is 1. The lowest BCUT2D eigenvalue weighted by Gasteiger charge is -2.56. The van der Waals surface area contributed by atoms with Gasteiger partial charge in [-0.15, -0.1) is 0 Å². The first-order valence-corrected chi connectivity index (χ1v) is 15.0. The molecule has 4 aliphatic rings.